The summed E-state index contributed by atoms with van der Waals surface area (Å²) in [5.74, 6) is -2.04. The standard InChI is InChI=1S/C26H29FN2OS.C2HF3O2/c1-18(2)21-8-6-19(7-9-21)15-29-11-10-20(16-29)14-28-26(30)25-13-23(17-31-25)22-4-3-5-24(27)12-22;3-2(4,5)1(6)7/h3-9,12-13,17-18,20H,10-11,14-16H2,1-2H3,(H,28,30);(H,6,7). The number of likely N-dealkylation sites (tertiary alicyclic amines) is 1. The van der Waals surface area contributed by atoms with Crippen LogP contribution in [0.3, 0.4) is 0 Å². The van der Waals surface area contributed by atoms with Gasteiger partial charge in [0.25, 0.3) is 5.91 Å². The Labute approximate surface area is 223 Å². The Kier molecular flexibility index (Phi) is 10.0. The molecule has 1 amide bonds. The number of carboxylic acid groups (broad SMARTS) is 1. The molecule has 10 heteroatoms. The van der Waals surface area contributed by atoms with Gasteiger partial charge in [-0.25, -0.2) is 9.18 Å². The quantitative estimate of drug-likeness (QED) is 0.327. The smallest absolute Gasteiger partial charge is 0.475 e. The van der Waals surface area contributed by atoms with Crippen LogP contribution in [0.2, 0.25) is 0 Å². The van der Waals surface area contributed by atoms with Crippen molar-refractivity contribution >= 4 is 23.2 Å². The van der Waals surface area contributed by atoms with Gasteiger partial charge in [-0.2, -0.15) is 13.2 Å². The molecule has 204 valence electrons. The number of carbonyl (C=O) groups excluding carboxylic acids is 1. The fraction of sp³-hybridized carbons (Fsp3) is 0.357. The highest BCUT2D eigenvalue weighted by Gasteiger charge is 2.38. The number of nitrogens with zero attached hydrogens (tertiary/aromatic N) is 1. The van der Waals surface area contributed by atoms with Crippen LogP contribution in [-0.2, 0) is 11.3 Å². The molecular formula is C28H30F4N2O3S. The highest BCUT2D eigenvalue weighted by molar-refractivity contribution is 7.12. The van der Waals surface area contributed by atoms with Crippen LogP contribution in [0, 0.1) is 11.7 Å². The maximum atomic E-state index is 13.5. The first kappa shape index (κ1) is 29.3. The second-order valence-corrected chi connectivity index (χ2v) is 10.4. The van der Waals surface area contributed by atoms with Gasteiger partial charge in [-0.05, 0) is 70.6 Å². The van der Waals surface area contributed by atoms with E-state index < -0.39 is 12.1 Å². The average Bonchev–Trinajstić information content (AvgIpc) is 3.53. The number of amides is 1. The Morgan fingerprint density at radius 1 is 1.11 bits per heavy atom. The number of rotatable bonds is 7. The molecule has 1 aromatic heterocycles. The lowest BCUT2D eigenvalue weighted by atomic mass is 10.0. The second-order valence-electron chi connectivity index (χ2n) is 9.51. The molecule has 1 aliphatic heterocycles. The number of carboxylic acids is 1. The molecule has 1 fully saturated rings. The van der Waals surface area contributed by atoms with Gasteiger partial charge in [-0.3, -0.25) is 9.69 Å². The number of benzene rings is 2. The van der Waals surface area contributed by atoms with Gasteiger partial charge in [-0.15, -0.1) is 11.3 Å². The van der Waals surface area contributed by atoms with Crippen molar-refractivity contribution in [1.29, 1.82) is 0 Å². The lowest BCUT2D eigenvalue weighted by Crippen LogP contribution is -2.30. The first-order valence-electron chi connectivity index (χ1n) is 12.2. The van der Waals surface area contributed by atoms with E-state index in [2.05, 4.69) is 48.3 Å². The van der Waals surface area contributed by atoms with E-state index >= 15 is 0 Å². The number of hydrogen-bond donors (Lipinski definition) is 2. The Balaban J connectivity index is 0.000000505. The maximum absolute atomic E-state index is 13.5. The fourth-order valence-electron chi connectivity index (χ4n) is 4.09. The molecule has 1 unspecified atom stereocenters. The zero-order valence-corrected chi connectivity index (χ0v) is 21.9. The zero-order valence-electron chi connectivity index (χ0n) is 21.1. The largest absolute Gasteiger partial charge is 0.490 e. The van der Waals surface area contributed by atoms with Crippen LogP contribution in [0.15, 0.2) is 60.0 Å². The number of alkyl halides is 3. The Morgan fingerprint density at radius 3 is 2.39 bits per heavy atom. The summed E-state index contributed by atoms with van der Waals surface area (Å²) in [5.41, 5.74) is 4.39. The van der Waals surface area contributed by atoms with E-state index in [0.29, 0.717) is 23.3 Å². The van der Waals surface area contributed by atoms with E-state index in [9.17, 15) is 22.4 Å². The summed E-state index contributed by atoms with van der Waals surface area (Å²) in [6.45, 7) is 8.15. The summed E-state index contributed by atoms with van der Waals surface area (Å²) in [4.78, 5) is 24.6. The van der Waals surface area contributed by atoms with Gasteiger partial charge >= 0.3 is 12.1 Å². The van der Waals surface area contributed by atoms with Crippen LogP contribution in [-0.4, -0.2) is 47.7 Å². The minimum atomic E-state index is -5.08. The molecule has 0 radical (unpaired) electrons. The molecule has 3 aromatic rings. The molecule has 0 bridgehead atoms. The molecule has 1 saturated heterocycles. The third kappa shape index (κ3) is 8.66. The van der Waals surface area contributed by atoms with Crippen molar-refractivity contribution < 1.29 is 32.3 Å². The molecule has 0 spiro atoms. The second kappa shape index (κ2) is 13.0. The molecule has 0 saturated carbocycles. The normalized spacial score (nSPS) is 15.7. The minimum absolute atomic E-state index is 0.0459. The molecule has 1 aliphatic rings. The summed E-state index contributed by atoms with van der Waals surface area (Å²) >= 11 is 1.40. The third-order valence-corrected chi connectivity index (χ3v) is 7.13. The SMILES string of the molecule is CC(C)c1ccc(CN2CCC(CNC(=O)c3cc(-c4cccc(F)c4)cs3)C2)cc1.O=C(O)C(F)(F)F. The molecule has 1 atom stereocenters. The summed E-state index contributed by atoms with van der Waals surface area (Å²) in [6, 6.07) is 17.2. The van der Waals surface area contributed by atoms with Crippen molar-refractivity contribution in [2.45, 2.75) is 38.9 Å². The highest BCUT2D eigenvalue weighted by Crippen LogP contribution is 2.26. The summed E-state index contributed by atoms with van der Waals surface area (Å²) in [5, 5.41) is 12.1. The predicted octanol–water partition coefficient (Wildman–Crippen LogP) is 6.56. The van der Waals surface area contributed by atoms with E-state index in [1.807, 2.05) is 17.5 Å². The Morgan fingerprint density at radius 2 is 1.79 bits per heavy atom. The summed E-state index contributed by atoms with van der Waals surface area (Å²) < 4.78 is 45.2. The number of thiophene rings is 1. The number of halogens is 4. The van der Waals surface area contributed by atoms with Crippen molar-refractivity contribution in [3.05, 3.63) is 81.8 Å². The summed E-state index contributed by atoms with van der Waals surface area (Å²) in [7, 11) is 0. The van der Waals surface area contributed by atoms with Crippen LogP contribution in [0.4, 0.5) is 17.6 Å². The molecule has 4 rings (SSSR count). The van der Waals surface area contributed by atoms with Crippen molar-refractivity contribution in [1.82, 2.24) is 10.2 Å². The number of aliphatic carboxylic acids is 1. The Hall–Kier alpha value is -3.24. The van der Waals surface area contributed by atoms with Gasteiger partial charge in [0, 0.05) is 19.6 Å². The summed E-state index contributed by atoms with van der Waals surface area (Å²) in [6.07, 6.45) is -3.98. The van der Waals surface area contributed by atoms with Crippen LogP contribution in [0.1, 0.15) is 47.0 Å². The van der Waals surface area contributed by atoms with Gasteiger partial charge in [0.15, 0.2) is 0 Å². The lowest BCUT2D eigenvalue weighted by molar-refractivity contribution is -0.192. The monoisotopic (exact) mass is 550 g/mol. The van der Waals surface area contributed by atoms with Crippen molar-refractivity contribution in [3.8, 4) is 11.1 Å². The van der Waals surface area contributed by atoms with Crippen LogP contribution >= 0.6 is 11.3 Å². The molecule has 2 aromatic carbocycles. The fourth-order valence-corrected chi connectivity index (χ4v) is 4.92. The highest BCUT2D eigenvalue weighted by atomic mass is 32.1. The molecule has 38 heavy (non-hydrogen) atoms. The maximum Gasteiger partial charge on any atom is 0.490 e. The molecule has 2 heterocycles. The number of hydrogen-bond acceptors (Lipinski definition) is 4. The predicted molar refractivity (Wildman–Crippen MR) is 140 cm³/mol. The molecule has 5 nitrogen and oxygen atoms in total. The van der Waals surface area contributed by atoms with Gasteiger partial charge in [0.1, 0.15) is 5.82 Å². The first-order valence-corrected chi connectivity index (χ1v) is 13.0. The van der Waals surface area contributed by atoms with Crippen LogP contribution < -0.4 is 5.32 Å². The number of carbonyl (C=O) groups is 2. The molecular weight excluding hydrogens is 520 g/mol. The van der Waals surface area contributed by atoms with E-state index in [4.69, 9.17) is 9.90 Å². The van der Waals surface area contributed by atoms with Crippen molar-refractivity contribution in [2.75, 3.05) is 19.6 Å². The van der Waals surface area contributed by atoms with Crippen LogP contribution in [0.25, 0.3) is 11.1 Å². The van der Waals surface area contributed by atoms with Crippen LogP contribution in [0.5, 0.6) is 0 Å². The van der Waals surface area contributed by atoms with Crippen molar-refractivity contribution in [2.24, 2.45) is 5.92 Å². The van der Waals surface area contributed by atoms with E-state index in [-0.39, 0.29) is 11.7 Å². The first-order chi connectivity index (χ1) is 17.9. The van der Waals surface area contributed by atoms with Gasteiger partial charge in [0.05, 0.1) is 4.88 Å². The molecule has 0 aliphatic carbocycles. The van der Waals surface area contributed by atoms with E-state index in [0.717, 1.165) is 37.2 Å². The van der Waals surface area contributed by atoms with E-state index in [1.165, 1.54) is 34.6 Å². The minimum Gasteiger partial charge on any atom is -0.475 e. The Bertz CT molecular complexity index is 1230. The topological polar surface area (TPSA) is 69.6 Å². The van der Waals surface area contributed by atoms with Crippen molar-refractivity contribution in [3.63, 3.8) is 0 Å². The van der Waals surface area contributed by atoms with Gasteiger partial charge < -0.3 is 10.4 Å². The third-order valence-electron chi connectivity index (χ3n) is 6.20. The molecule has 2 N–H and O–H groups in total. The average molecular weight is 551 g/mol. The van der Waals surface area contributed by atoms with E-state index in [1.54, 1.807) is 6.07 Å². The van der Waals surface area contributed by atoms with Gasteiger partial charge in [0.2, 0.25) is 0 Å². The number of nitrogens with one attached hydrogen (secondary N) is 1. The lowest BCUT2D eigenvalue weighted by Gasteiger charge is -2.17. The zero-order chi connectivity index (χ0) is 27.9. The van der Waals surface area contributed by atoms with Gasteiger partial charge in [-0.1, -0.05) is 50.2 Å².